The van der Waals surface area contributed by atoms with Crippen LogP contribution in [0, 0.1) is 5.41 Å². The van der Waals surface area contributed by atoms with Crippen molar-refractivity contribution < 1.29 is 14.6 Å². The molecule has 0 unspecified atom stereocenters. The number of aromatic carboxylic acids is 1. The van der Waals surface area contributed by atoms with Crippen LogP contribution in [0.5, 0.6) is 5.75 Å². The van der Waals surface area contributed by atoms with Crippen molar-refractivity contribution in [3.05, 3.63) is 50.3 Å². The molecule has 0 saturated carbocycles. The van der Waals surface area contributed by atoms with Crippen LogP contribution in [0.1, 0.15) is 62.1 Å². The summed E-state index contributed by atoms with van der Waals surface area (Å²) >= 11 is 6.54. The molecule has 6 heteroatoms. The predicted octanol–water partition coefficient (Wildman–Crippen LogP) is 4.72. The van der Waals surface area contributed by atoms with Crippen molar-refractivity contribution >= 4 is 17.6 Å². The average Bonchev–Trinajstić information content (AvgIpc) is 2.89. The van der Waals surface area contributed by atoms with Crippen molar-refractivity contribution in [2.45, 2.75) is 59.1 Å². The second-order valence-electron chi connectivity index (χ2n) is 9.47. The topological polar surface area (TPSA) is 68.5 Å². The number of nitrogens with zero attached hydrogens (tertiary/aromatic N) is 1. The summed E-state index contributed by atoms with van der Waals surface area (Å²) in [5.41, 5.74) is 2.67. The van der Waals surface area contributed by atoms with Gasteiger partial charge in [-0.15, -0.1) is 0 Å². The Labute approximate surface area is 168 Å². The number of pyridine rings is 1. The largest absolute Gasteiger partial charge is 0.486 e. The molecular formula is C22H24ClNO4. The van der Waals surface area contributed by atoms with Crippen molar-refractivity contribution in [3.8, 4) is 17.0 Å². The summed E-state index contributed by atoms with van der Waals surface area (Å²) in [4.78, 5) is 24.0. The molecule has 0 spiro atoms. The third-order valence-electron chi connectivity index (χ3n) is 5.75. The van der Waals surface area contributed by atoms with Crippen LogP contribution in [0.3, 0.4) is 0 Å². The van der Waals surface area contributed by atoms with Gasteiger partial charge in [-0.2, -0.15) is 0 Å². The van der Waals surface area contributed by atoms with E-state index in [-0.39, 0.29) is 22.6 Å². The van der Waals surface area contributed by atoms with Crippen LogP contribution in [0.15, 0.2) is 23.1 Å². The number of rotatable bonds is 1. The lowest BCUT2D eigenvalue weighted by Crippen LogP contribution is -2.33. The Morgan fingerprint density at radius 1 is 1.29 bits per heavy atom. The Morgan fingerprint density at radius 2 is 1.96 bits per heavy atom. The zero-order valence-corrected chi connectivity index (χ0v) is 17.5. The molecule has 28 heavy (non-hydrogen) atoms. The van der Waals surface area contributed by atoms with Crippen molar-refractivity contribution in [2.75, 3.05) is 0 Å². The van der Waals surface area contributed by atoms with Crippen LogP contribution < -0.4 is 10.2 Å². The summed E-state index contributed by atoms with van der Waals surface area (Å²) in [7, 11) is 0. The lowest BCUT2D eigenvalue weighted by Gasteiger charge is -2.39. The van der Waals surface area contributed by atoms with Crippen LogP contribution in [0.4, 0.5) is 0 Å². The summed E-state index contributed by atoms with van der Waals surface area (Å²) in [5.74, 6) is -0.475. The molecular weight excluding hydrogens is 378 g/mol. The van der Waals surface area contributed by atoms with E-state index < -0.39 is 11.4 Å². The average molecular weight is 402 g/mol. The minimum Gasteiger partial charge on any atom is -0.486 e. The van der Waals surface area contributed by atoms with Crippen LogP contribution in [-0.4, -0.2) is 21.2 Å². The minimum atomic E-state index is -1.21. The Hall–Kier alpha value is -2.27. The van der Waals surface area contributed by atoms with Crippen molar-refractivity contribution in [2.24, 2.45) is 5.41 Å². The number of benzene rings is 1. The van der Waals surface area contributed by atoms with E-state index in [1.54, 1.807) is 0 Å². The first-order valence-corrected chi connectivity index (χ1v) is 9.80. The van der Waals surface area contributed by atoms with E-state index in [9.17, 15) is 14.7 Å². The third-order valence-corrected chi connectivity index (χ3v) is 6.03. The summed E-state index contributed by atoms with van der Waals surface area (Å²) < 4.78 is 8.04. The molecule has 3 heterocycles. The molecule has 0 radical (unpaired) electrons. The monoisotopic (exact) mass is 401 g/mol. The number of aromatic nitrogens is 1. The van der Waals surface area contributed by atoms with Gasteiger partial charge in [-0.25, -0.2) is 4.79 Å². The summed E-state index contributed by atoms with van der Waals surface area (Å²) in [5, 5.41) is 9.95. The van der Waals surface area contributed by atoms with Gasteiger partial charge in [0.1, 0.15) is 16.9 Å². The molecule has 0 bridgehead atoms. The van der Waals surface area contributed by atoms with E-state index in [1.165, 1.54) is 12.3 Å². The van der Waals surface area contributed by atoms with Gasteiger partial charge in [-0.05, 0) is 37.3 Å². The highest BCUT2D eigenvalue weighted by Crippen LogP contribution is 2.50. The molecule has 1 aromatic carbocycles. The number of fused-ring (bicyclic) bond motifs is 5. The normalized spacial score (nSPS) is 19.4. The van der Waals surface area contributed by atoms with E-state index in [2.05, 4.69) is 20.8 Å². The van der Waals surface area contributed by atoms with Gasteiger partial charge in [-0.3, -0.25) is 4.79 Å². The number of hydrogen-bond donors (Lipinski definition) is 1. The van der Waals surface area contributed by atoms with Gasteiger partial charge in [0.25, 0.3) is 0 Å². The van der Waals surface area contributed by atoms with Gasteiger partial charge in [-0.1, -0.05) is 32.4 Å². The Balaban J connectivity index is 2.04. The lowest BCUT2D eigenvalue weighted by molar-refractivity contribution is 0.0693. The van der Waals surface area contributed by atoms with Gasteiger partial charge in [0.15, 0.2) is 5.43 Å². The molecule has 2 aromatic rings. The SMILES string of the molecule is CC1(C)Cc2c3c(cc(Cl)c2O1)-c1cc(=O)c(C(=O)O)cn1[C@H](C(C)(C)C)C3. The summed E-state index contributed by atoms with van der Waals surface area (Å²) in [6.07, 6.45) is 2.96. The fraction of sp³-hybridized carbons (Fsp3) is 0.455. The van der Waals surface area contributed by atoms with Crippen LogP contribution in [0.2, 0.25) is 5.02 Å². The Morgan fingerprint density at radius 3 is 2.57 bits per heavy atom. The second kappa shape index (κ2) is 5.86. The maximum atomic E-state index is 12.5. The van der Waals surface area contributed by atoms with Crippen LogP contribution in [-0.2, 0) is 12.8 Å². The van der Waals surface area contributed by atoms with Gasteiger partial charge >= 0.3 is 5.97 Å². The number of carboxylic acid groups (broad SMARTS) is 1. The molecule has 0 saturated heterocycles. The smallest absolute Gasteiger partial charge is 0.341 e. The first-order valence-electron chi connectivity index (χ1n) is 9.42. The number of hydrogen-bond acceptors (Lipinski definition) is 3. The molecule has 0 aliphatic carbocycles. The second-order valence-corrected chi connectivity index (χ2v) is 9.87. The number of halogens is 1. The van der Waals surface area contributed by atoms with Crippen LogP contribution >= 0.6 is 11.6 Å². The van der Waals surface area contributed by atoms with E-state index in [4.69, 9.17) is 16.3 Å². The highest BCUT2D eigenvalue weighted by Gasteiger charge is 2.40. The third kappa shape index (κ3) is 2.84. The van der Waals surface area contributed by atoms with Crippen molar-refractivity contribution in [1.82, 2.24) is 4.57 Å². The molecule has 4 rings (SSSR count). The predicted molar refractivity (Wildman–Crippen MR) is 109 cm³/mol. The van der Waals surface area contributed by atoms with Gasteiger partial charge in [0.05, 0.1) is 10.7 Å². The molecule has 1 N–H and O–H groups in total. The zero-order chi connectivity index (χ0) is 20.6. The highest BCUT2D eigenvalue weighted by molar-refractivity contribution is 6.32. The Bertz CT molecular complexity index is 1080. The minimum absolute atomic E-state index is 0.00249. The number of ether oxygens (including phenoxy) is 1. The molecule has 5 nitrogen and oxygen atoms in total. The molecule has 1 aromatic heterocycles. The first-order chi connectivity index (χ1) is 12.9. The summed E-state index contributed by atoms with van der Waals surface area (Å²) in [6.45, 7) is 10.5. The first kappa shape index (κ1) is 19.1. The maximum Gasteiger partial charge on any atom is 0.341 e. The Kier molecular flexibility index (Phi) is 3.99. The number of carboxylic acids is 1. The molecule has 148 valence electrons. The lowest BCUT2D eigenvalue weighted by atomic mass is 9.77. The van der Waals surface area contributed by atoms with Gasteiger partial charge in [0.2, 0.25) is 0 Å². The molecule has 2 aliphatic heterocycles. The van der Waals surface area contributed by atoms with E-state index in [0.29, 0.717) is 10.7 Å². The van der Waals surface area contributed by atoms with E-state index in [1.807, 2.05) is 24.5 Å². The van der Waals surface area contributed by atoms with E-state index in [0.717, 1.165) is 35.3 Å². The molecule has 2 aliphatic rings. The fourth-order valence-corrected chi connectivity index (χ4v) is 4.68. The van der Waals surface area contributed by atoms with Crippen molar-refractivity contribution in [3.63, 3.8) is 0 Å². The van der Waals surface area contributed by atoms with Crippen molar-refractivity contribution in [1.29, 1.82) is 0 Å². The van der Waals surface area contributed by atoms with E-state index >= 15 is 0 Å². The highest BCUT2D eigenvalue weighted by atomic mass is 35.5. The van der Waals surface area contributed by atoms with Crippen LogP contribution in [0.25, 0.3) is 11.3 Å². The fourth-order valence-electron chi connectivity index (χ4n) is 4.42. The van der Waals surface area contributed by atoms with Gasteiger partial charge in [0, 0.05) is 35.9 Å². The zero-order valence-electron chi connectivity index (χ0n) is 16.7. The summed E-state index contributed by atoms with van der Waals surface area (Å²) in [6, 6.07) is 3.29. The standard InChI is InChI=1S/C22H24ClNO4/c1-21(2,3)18-7-11-12(6-15(23)19-13(11)9-22(4,5)28-19)16-8-17(25)14(20(26)27)10-24(16)18/h6,8,10,18H,7,9H2,1-5H3,(H,26,27)/t18-/m0/s1. The quantitative estimate of drug-likeness (QED) is 0.750. The maximum absolute atomic E-state index is 12.5. The molecule has 0 amide bonds. The molecule has 0 fully saturated rings. The van der Waals surface area contributed by atoms with Gasteiger partial charge < -0.3 is 14.4 Å². The number of carbonyl (C=O) groups is 1. The molecule has 1 atom stereocenters.